The first-order valence-electron chi connectivity index (χ1n) is 19.0. The van der Waals surface area contributed by atoms with Crippen LogP contribution in [0.1, 0.15) is 0 Å². The van der Waals surface area contributed by atoms with E-state index in [9.17, 15) is 0 Å². The van der Waals surface area contributed by atoms with Crippen LogP contribution in [0.2, 0.25) is 0 Å². The van der Waals surface area contributed by atoms with Crippen molar-refractivity contribution in [3.8, 4) is 67.3 Å². The molecule has 2 aromatic heterocycles. The number of rotatable bonds is 6. The number of hydrogen-bond acceptors (Lipinski definition) is 3. The fourth-order valence-corrected chi connectivity index (χ4v) is 8.29. The zero-order valence-corrected chi connectivity index (χ0v) is 30.4. The predicted octanol–water partition coefficient (Wildman–Crippen LogP) is 13.9. The number of nitrogens with zero attached hydrogens (tertiary/aromatic N) is 3. The van der Waals surface area contributed by atoms with Crippen LogP contribution in [0.4, 0.5) is 0 Å². The maximum atomic E-state index is 5.08. The van der Waals surface area contributed by atoms with Gasteiger partial charge in [-0.15, -0.1) is 0 Å². The Kier molecular flexibility index (Phi) is 7.49. The Balaban J connectivity index is 0.919. The topological polar surface area (TPSA) is 38.7 Å². The molecule has 2 heterocycles. The van der Waals surface area contributed by atoms with E-state index in [1.54, 1.807) is 0 Å². The molecule has 0 aliphatic heterocycles. The van der Waals surface area contributed by atoms with Crippen molar-refractivity contribution in [1.29, 1.82) is 0 Å². The highest BCUT2D eigenvalue weighted by molar-refractivity contribution is 6.25. The molecule has 0 fully saturated rings. The van der Waals surface area contributed by atoms with Crippen molar-refractivity contribution < 1.29 is 0 Å². The van der Waals surface area contributed by atoms with Crippen LogP contribution >= 0.6 is 0 Å². The first kappa shape index (κ1) is 32.0. The molecular formula is C53H33N3. The van der Waals surface area contributed by atoms with Crippen molar-refractivity contribution in [2.24, 2.45) is 0 Å². The fraction of sp³-hybridized carbons (Fsp3) is 0. The van der Waals surface area contributed by atoms with Gasteiger partial charge < -0.3 is 0 Å². The van der Waals surface area contributed by atoms with Crippen LogP contribution in [0.25, 0.3) is 110 Å². The van der Waals surface area contributed by atoms with E-state index in [1.807, 2.05) is 36.7 Å². The van der Waals surface area contributed by atoms with Crippen molar-refractivity contribution in [2.75, 3.05) is 0 Å². The van der Waals surface area contributed by atoms with Gasteiger partial charge in [-0.3, -0.25) is 4.98 Å². The molecule has 3 nitrogen and oxygen atoms in total. The lowest BCUT2D eigenvalue weighted by molar-refractivity contribution is 1.18. The zero-order chi connectivity index (χ0) is 37.0. The van der Waals surface area contributed by atoms with Gasteiger partial charge in [0.25, 0.3) is 0 Å². The molecule has 0 unspecified atom stereocenters. The second-order valence-electron chi connectivity index (χ2n) is 14.4. The lowest BCUT2D eigenvalue weighted by Gasteiger charge is -2.14. The molecular weight excluding hydrogens is 679 g/mol. The molecule has 56 heavy (non-hydrogen) atoms. The summed E-state index contributed by atoms with van der Waals surface area (Å²) in [6.07, 6.45) is 3.86. The van der Waals surface area contributed by atoms with Crippen LogP contribution in [0, 0.1) is 0 Å². The first-order valence-corrected chi connectivity index (χ1v) is 19.0. The van der Waals surface area contributed by atoms with Crippen molar-refractivity contribution in [3.05, 3.63) is 200 Å². The molecule has 0 amide bonds. The Morgan fingerprint density at radius 2 is 0.804 bits per heavy atom. The Morgan fingerprint density at radius 1 is 0.286 bits per heavy atom. The lowest BCUT2D eigenvalue weighted by Crippen LogP contribution is -1.96. The lowest BCUT2D eigenvalue weighted by atomic mass is 9.89. The van der Waals surface area contributed by atoms with Gasteiger partial charge in [-0.1, -0.05) is 182 Å². The van der Waals surface area contributed by atoms with Crippen LogP contribution in [0.15, 0.2) is 200 Å². The summed E-state index contributed by atoms with van der Waals surface area (Å²) < 4.78 is 0. The van der Waals surface area contributed by atoms with Crippen LogP contribution in [-0.2, 0) is 0 Å². The highest BCUT2D eigenvalue weighted by Gasteiger charge is 2.14. The minimum absolute atomic E-state index is 0.701. The quantitative estimate of drug-likeness (QED) is 0.161. The third kappa shape index (κ3) is 5.49. The predicted molar refractivity (Wildman–Crippen MR) is 234 cm³/mol. The third-order valence-corrected chi connectivity index (χ3v) is 11.2. The summed E-state index contributed by atoms with van der Waals surface area (Å²) >= 11 is 0. The summed E-state index contributed by atoms with van der Waals surface area (Å²) in [5, 5.41) is 10.2. The summed E-state index contributed by atoms with van der Waals surface area (Å²) in [7, 11) is 0. The second-order valence-corrected chi connectivity index (χ2v) is 14.4. The van der Waals surface area contributed by atoms with Gasteiger partial charge >= 0.3 is 0 Å². The molecule has 11 rings (SSSR count). The van der Waals surface area contributed by atoms with Gasteiger partial charge in [-0.05, 0) is 71.6 Å². The number of aromatic nitrogens is 3. The van der Waals surface area contributed by atoms with Crippen molar-refractivity contribution >= 4 is 43.1 Å². The maximum Gasteiger partial charge on any atom is 0.160 e. The fourth-order valence-electron chi connectivity index (χ4n) is 8.29. The second kappa shape index (κ2) is 13.1. The van der Waals surface area contributed by atoms with Gasteiger partial charge in [-0.25, -0.2) is 9.97 Å². The maximum absolute atomic E-state index is 5.08. The number of benzene rings is 9. The third-order valence-electron chi connectivity index (χ3n) is 11.2. The van der Waals surface area contributed by atoms with Gasteiger partial charge in [0.1, 0.15) is 0 Å². The number of fused-ring (bicyclic) bond motifs is 1. The molecule has 11 aromatic rings. The van der Waals surface area contributed by atoms with E-state index in [-0.39, 0.29) is 0 Å². The van der Waals surface area contributed by atoms with E-state index in [1.165, 1.54) is 54.4 Å². The van der Waals surface area contributed by atoms with Gasteiger partial charge in [0.15, 0.2) is 5.82 Å². The molecule has 3 heteroatoms. The van der Waals surface area contributed by atoms with Gasteiger partial charge in [0.2, 0.25) is 0 Å². The molecule has 0 saturated heterocycles. The Bertz CT molecular complexity index is 3180. The highest BCUT2D eigenvalue weighted by Crippen LogP contribution is 2.40. The monoisotopic (exact) mass is 711 g/mol. The Hall–Kier alpha value is -7.49. The average Bonchev–Trinajstić information content (AvgIpc) is 3.28. The zero-order valence-electron chi connectivity index (χ0n) is 30.4. The molecule has 0 radical (unpaired) electrons. The standard InChI is InChI=1S/C53H33N3/c1-2-7-43(8-3-1)53-55-49(31-50(56-53)39-23-19-37(20-24-39)48-33-54-32-44-9-4-5-12-45(44)48)38-21-15-35(16-22-38)34-13-17-36(18-14-34)46-29-27-42-26-25-40-10-6-11-41-28-30-47(46)52(42)51(40)41/h1-33H. The van der Waals surface area contributed by atoms with Crippen molar-refractivity contribution in [3.63, 3.8) is 0 Å². The Labute approximate surface area is 324 Å². The first-order chi connectivity index (χ1) is 27.7. The summed E-state index contributed by atoms with van der Waals surface area (Å²) in [4.78, 5) is 14.7. The summed E-state index contributed by atoms with van der Waals surface area (Å²) in [5.74, 6) is 0.701. The van der Waals surface area contributed by atoms with Crippen LogP contribution in [-0.4, -0.2) is 15.0 Å². The smallest absolute Gasteiger partial charge is 0.160 e. The Morgan fingerprint density at radius 3 is 1.48 bits per heavy atom. The average molecular weight is 712 g/mol. The van der Waals surface area contributed by atoms with Crippen molar-refractivity contribution in [1.82, 2.24) is 15.0 Å². The van der Waals surface area contributed by atoms with E-state index in [0.717, 1.165) is 50.2 Å². The van der Waals surface area contributed by atoms with Crippen molar-refractivity contribution in [2.45, 2.75) is 0 Å². The van der Waals surface area contributed by atoms with Crippen LogP contribution < -0.4 is 0 Å². The van der Waals surface area contributed by atoms with Gasteiger partial charge in [0.05, 0.1) is 11.4 Å². The number of pyridine rings is 1. The minimum atomic E-state index is 0.701. The highest BCUT2D eigenvalue weighted by atomic mass is 14.9. The largest absolute Gasteiger partial charge is 0.263 e. The molecule has 0 aliphatic rings. The minimum Gasteiger partial charge on any atom is -0.263 e. The van der Waals surface area contributed by atoms with Gasteiger partial charge in [-0.2, -0.15) is 0 Å². The van der Waals surface area contributed by atoms with Crippen LogP contribution in [0.3, 0.4) is 0 Å². The molecule has 0 aliphatic carbocycles. The molecule has 0 N–H and O–H groups in total. The normalized spacial score (nSPS) is 11.6. The molecule has 0 bridgehead atoms. The van der Waals surface area contributed by atoms with E-state index in [2.05, 4.69) is 169 Å². The van der Waals surface area contributed by atoms with E-state index >= 15 is 0 Å². The molecule has 9 aromatic carbocycles. The molecule has 0 spiro atoms. The summed E-state index contributed by atoms with van der Waals surface area (Å²) in [6.45, 7) is 0. The molecule has 0 atom stereocenters. The van der Waals surface area contributed by atoms with Gasteiger partial charge in [0, 0.05) is 40.0 Å². The SMILES string of the molecule is c1ccc(-c2nc(-c3ccc(-c4ccc(-c5ccc6ccc7cccc8ccc5c6c78)cc4)cc3)cc(-c3ccc(-c4cncc5ccccc45)cc3)n2)cc1. The van der Waals surface area contributed by atoms with Crippen LogP contribution in [0.5, 0.6) is 0 Å². The summed E-state index contributed by atoms with van der Waals surface area (Å²) in [6, 6.07) is 67.1. The van der Waals surface area contributed by atoms with E-state index in [0.29, 0.717) is 5.82 Å². The molecule has 260 valence electrons. The molecule has 0 saturated carbocycles. The van der Waals surface area contributed by atoms with E-state index in [4.69, 9.17) is 9.97 Å². The summed E-state index contributed by atoms with van der Waals surface area (Å²) in [5.41, 5.74) is 11.9. The number of hydrogen-bond donors (Lipinski definition) is 0. The van der Waals surface area contributed by atoms with E-state index < -0.39 is 0 Å².